The number of phenols is 2. The number of thiol groups is 1. The highest BCUT2D eigenvalue weighted by Crippen LogP contribution is 2.44. The molecule has 0 bridgehead atoms. The lowest BCUT2D eigenvalue weighted by molar-refractivity contribution is -0.395. The molecular weight excluding hydrogens is 228 g/mol. The van der Waals surface area contributed by atoms with E-state index in [-0.39, 0.29) is 0 Å². The molecule has 15 heavy (non-hydrogen) atoms. The van der Waals surface area contributed by atoms with Gasteiger partial charge in [0.25, 0.3) is 0 Å². The van der Waals surface area contributed by atoms with Gasteiger partial charge in [-0.15, -0.1) is 12.6 Å². The Morgan fingerprint density at radius 3 is 1.67 bits per heavy atom. The number of phenolic OH excluding ortho intramolecular Hbond substituents is 2. The lowest BCUT2D eigenvalue weighted by atomic mass is 10.2. The van der Waals surface area contributed by atoms with Crippen molar-refractivity contribution in [2.75, 3.05) is 0 Å². The smallest absolute Gasteiger partial charge is 0.319 e. The molecule has 9 heteroatoms. The molecule has 80 valence electrons. The largest absolute Gasteiger partial charge is 0.501 e. The fraction of sp³-hybridized carbons (Fsp3) is 0. The summed E-state index contributed by atoms with van der Waals surface area (Å²) in [4.78, 5) is 18.1. The summed E-state index contributed by atoms with van der Waals surface area (Å²) in [7, 11) is 0. The Hall–Kier alpha value is -2.03. The Morgan fingerprint density at radius 1 is 1.07 bits per heavy atom. The first-order valence-electron chi connectivity index (χ1n) is 3.43. The van der Waals surface area contributed by atoms with E-state index in [1.54, 1.807) is 0 Å². The van der Waals surface area contributed by atoms with E-state index in [9.17, 15) is 20.2 Å². The van der Waals surface area contributed by atoms with Gasteiger partial charge in [-0.05, 0) is 0 Å². The van der Waals surface area contributed by atoms with Crippen LogP contribution < -0.4 is 0 Å². The summed E-state index contributed by atoms with van der Waals surface area (Å²) in [5.74, 6) is -1.82. The van der Waals surface area contributed by atoms with Gasteiger partial charge in [0.1, 0.15) is 11.0 Å². The fourth-order valence-electron chi connectivity index (χ4n) is 0.899. The van der Waals surface area contributed by atoms with Crippen LogP contribution in [-0.2, 0) is 0 Å². The van der Waals surface area contributed by atoms with Crippen molar-refractivity contribution >= 4 is 24.0 Å². The first kappa shape index (κ1) is 11.0. The molecule has 1 aromatic carbocycles. The van der Waals surface area contributed by atoms with Gasteiger partial charge in [0, 0.05) is 0 Å². The maximum absolute atomic E-state index is 10.4. The lowest BCUT2D eigenvalue weighted by Crippen LogP contribution is -1.94. The number of aromatic hydroxyl groups is 2. The molecule has 0 atom stereocenters. The minimum absolute atomic E-state index is 0.463. The standard InChI is InChI=1S/C6H4N2O6S/c9-4-2(7(11)12)1-3(8(13)14)5(10)6(4)15/h1,9-10,15H. The highest BCUT2D eigenvalue weighted by molar-refractivity contribution is 7.80. The molecule has 0 aliphatic rings. The van der Waals surface area contributed by atoms with E-state index in [4.69, 9.17) is 10.2 Å². The van der Waals surface area contributed by atoms with Crippen molar-refractivity contribution in [1.29, 1.82) is 0 Å². The van der Waals surface area contributed by atoms with Crippen molar-refractivity contribution < 1.29 is 20.1 Å². The van der Waals surface area contributed by atoms with Crippen molar-refractivity contribution in [3.63, 3.8) is 0 Å². The zero-order valence-electron chi connectivity index (χ0n) is 6.95. The third-order valence-corrected chi connectivity index (χ3v) is 2.02. The Bertz CT molecular complexity index is 421. The van der Waals surface area contributed by atoms with E-state index in [0.717, 1.165) is 0 Å². The minimum Gasteiger partial charge on any atom is -0.501 e. The first-order chi connectivity index (χ1) is 6.86. The Morgan fingerprint density at radius 2 is 1.40 bits per heavy atom. The van der Waals surface area contributed by atoms with Gasteiger partial charge < -0.3 is 10.2 Å². The molecule has 0 saturated carbocycles. The number of benzene rings is 1. The summed E-state index contributed by atoms with van der Waals surface area (Å²) in [6, 6.07) is 0.463. The summed E-state index contributed by atoms with van der Waals surface area (Å²) in [6.07, 6.45) is 0. The Labute approximate surface area is 87.5 Å². The van der Waals surface area contributed by atoms with Crippen LogP contribution in [0, 0.1) is 20.2 Å². The van der Waals surface area contributed by atoms with Crippen LogP contribution in [0.15, 0.2) is 11.0 Å². The van der Waals surface area contributed by atoms with Crippen LogP contribution in [0.2, 0.25) is 0 Å². The van der Waals surface area contributed by atoms with E-state index < -0.39 is 37.6 Å². The molecule has 0 heterocycles. The SMILES string of the molecule is O=[N+]([O-])c1cc([N+](=O)[O-])c(O)c(S)c1O. The van der Waals surface area contributed by atoms with E-state index in [0.29, 0.717) is 6.07 Å². The van der Waals surface area contributed by atoms with Crippen molar-refractivity contribution in [1.82, 2.24) is 0 Å². The molecule has 0 radical (unpaired) electrons. The van der Waals surface area contributed by atoms with Crippen LogP contribution in [-0.4, -0.2) is 20.1 Å². The van der Waals surface area contributed by atoms with Gasteiger partial charge in [0.15, 0.2) is 0 Å². The van der Waals surface area contributed by atoms with Crippen molar-refractivity contribution in [2.24, 2.45) is 0 Å². The first-order valence-corrected chi connectivity index (χ1v) is 3.87. The van der Waals surface area contributed by atoms with E-state index >= 15 is 0 Å². The summed E-state index contributed by atoms with van der Waals surface area (Å²) in [5.41, 5.74) is -1.77. The van der Waals surface area contributed by atoms with E-state index in [1.165, 1.54) is 0 Å². The predicted molar refractivity (Wildman–Crippen MR) is 50.3 cm³/mol. The van der Waals surface area contributed by atoms with Crippen molar-refractivity contribution in [3.05, 3.63) is 26.3 Å². The van der Waals surface area contributed by atoms with Gasteiger partial charge in [0.2, 0.25) is 11.5 Å². The summed E-state index contributed by atoms with van der Waals surface area (Å²) in [6.45, 7) is 0. The van der Waals surface area contributed by atoms with Gasteiger partial charge in [-0.3, -0.25) is 20.2 Å². The van der Waals surface area contributed by atoms with Gasteiger partial charge in [-0.1, -0.05) is 0 Å². The summed E-state index contributed by atoms with van der Waals surface area (Å²) >= 11 is 3.53. The van der Waals surface area contributed by atoms with Crippen molar-refractivity contribution in [3.8, 4) is 11.5 Å². The molecular formula is C6H4N2O6S. The molecule has 0 aliphatic carbocycles. The van der Waals surface area contributed by atoms with Crippen LogP contribution in [0.4, 0.5) is 11.4 Å². The van der Waals surface area contributed by atoms with Crippen LogP contribution >= 0.6 is 12.6 Å². The van der Waals surface area contributed by atoms with Gasteiger partial charge in [-0.25, -0.2) is 0 Å². The molecule has 0 amide bonds. The second kappa shape index (κ2) is 3.61. The van der Waals surface area contributed by atoms with Gasteiger partial charge in [-0.2, -0.15) is 0 Å². The number of nitrogens with zero attached hydrogens (tertiary/aromatic N) is 2. The molecule has 0 aromatic heterocycles. The van der Waals surface area contributed by atoms with Gasteiger partial charge >= 0.3 is 11.4 Å². The second-order valence-electron chi connectivity index (χ2n) is 2.47. The normalized spacial score (nSPS) is 9.93. The maximum Gasteiger partial charge on any atom is 0.319 e. The quantitative estimate of drug-likeness (QED) is 0.399. The number of rotatable bonds is 2. The minimum atomic E-state index is -1.01. The van der Waals surface area contributed by atoms with E-state index in [2.05, 4.69) is 12.6 Å². The predicted octanol–water partition coefficient (Wildman–Crippen LogP) is 1.20. The average Bonchev–Trinajstić information content (AvgIpc) is 2.13. The van der Waals surface area contributed by atoms with Crippen LogP contribution in [0.5, 0.6) is 11.5 Å². The summed E-state index contributed by atoms with van der Waals surface area (Å²) < 4.78 is 0. The molecule has 0 fully saturated rings. The van der Waals surface area contributed by atoms with Gasteiger partial charge in [0.05, 0.1) is 9.85 Å². The van der Waals surface area contributed by atoms with Crippen LogP contribution in [0.1, 0.15) is 0 Å². The molecule has 8 nitrogen and oxygen atoms in total. The molecule has 1 rings (SSSR count). The third kappa shape index (κ3) is 1.76. The van der Waals surface area contributed by atoms with Crippen LogP contribution in [0.25, 0.3) is 0 Å². The zero-order chi connectivity index (χ0) is 11.7. The second-order valence-corrected chi connectivity index (χ2v) is 2.92. The highest BCUT2D eigenvalue weighted by atomic mass is 32.1. The van der Waals surface area contributed by atoms with Crippen molar-refractivity contribution in [2.45, 2.75) is 4.90 Å². The monoisotopic (exact) mass is 232 g/mol. The average molecular weight is 232 g/mol. The molecule has 0 unspecified atom stereocenters. The highest BCUT2D eigenvalue weighted by Gasteiger charge is 2.28. The number of nitro groups is 2. The molecule has 2 N–H and O–H groups in total. The molecule has 0 saturated heterocycles. The van der Waals surface area contributed by atoms with E-state index in [1.807, 2.05) is 0 Å². The third-order valence-electron chi connectivity index (χ3n) is 1.60. The zero-order valence-corrected chi connectivity index (χ0v) is 7.84. The summed E-state index contributed by atoms with van der Waals surface area (Å²) in [5, 5.41) is 39.0. The molecule has 0 spiro atoms. The fourth-order valence-corrected chi connectivity index (χ4v) is 1.13. The number of hydrogen-bond acceptors (Lipinski definition) is 7. The van der Waals surface area contributed by atoms with Crippen LogP contribution in [0.3, 0.4) is 0 Å². The maximum atomic E-state index is 10.4. The number of hydrogen-bond donors (Lipinski definition) is 3. The lowest BCUT2D eigenvalue weighted by Gasteiger charge is -2.02. The Kier molecular flexibility index (Phi) is 2.66. The Balaban J connectivity index is 3.59. The number of nitro benzene ring substituents is 2. The molecule has 1 aromatic rings. The molecule has 0 aliphatic heterocycles. The topological polar surface area (TPSA) is 127 Å².